The first-order valence-electron chi connectivity index (χ1n) is 10.7. The van der Waals surface area contributed by atoms with Gasteiger partial charge in [-0.2, -0.15) is 0 Å². The van der Waals surface area contributed by atoms with Crippen molar-refractivity contribution in [3.8, 4) is 11.5 Å². The average molecular weight is 394 g/mol. The summed E-state index contributed by atoms with van der Waals surface area (Å²) in [5, 5.41) is 0. The van der Waals surface area contributed by atoms with Crippen LogP contribution in [0, 0.1) is 11.8 Å². The Kier molecular flexibility index (Phi) is 6.19. The third kappa shape index (κ3) is 4.64. The molecule has 1 unspecified atom stereocenters. The van der Waals surface area contributed by atoms with Crippen LogP contribution in [0.1, 0.15) is 36.0 Å². The predicted octanol–water partition coefficient (Wildman–Crippen LogP) is 4.29. The van der Waals surface area contributed by atoms with E-state index in [2.05, 4.69) is 41.3 Å². The number of ether oxygens (including phenoxy) is 2. The van der Waals surface area contributed by atoms with Crippen LogP contribution in [0.5, 0.6) is 11.5 Å². The van der Waals surface area contributed by atoms with Crippen molar-refractivity contribution in [2.24, 2.45) is 11.8 Å². The molecule has 0 N–H and O–H groups in total. The Labute approximate surface area is 173 Å². The fraction of sp³-hybridized carbons (Fsp3) is 0.480. The zero-order valence-electron chi connectivity index (χ0n) is 17.5. The van der Waals surface area contributed by atoms with Gasteiger partial charge in [0, 0.05) is 18.9 Å². The number of benzene rings is 2. The van der Waals surface area contributed by atoms with E-state index in [1.165, 1.54) is 24.0 Å². The van der Waals surface area contributed by atoms with Crippen molar-refractivity contribution in [3.63, 3.8) is 0 Å². The maximum Gasteiger partial charge on any atom is 0.161 e. The summed E-state index contributed by atoms with van der Waals surface area (Å²) in [5.41, 5.74) is 3.73. The van der Waals surface area contributed by atoms with Crippen LogP contribution in [0.2, 0.25) is 0 Å². The van der Waals surface area contributed by atoms with Gasteiger partial charge in [-0.3, -0.25) is 9.69 Å². The van der Waals surface area contributed by atoms with Crippen molar-refractivity contribution in [2.45, 2.75) is 38.6 Å². The van der Waals surface area contributed by atoms with Gasteiger partial charge in [-0.05, 0) is 73.5 Å². The number of piperidine rings is 1. The van der Waals surface area contributed by atoms with E-state index in [9.17, 15) is 4.79 Å². The first-order chi connectivity index (χ1) is 14.2. The molecule has 4 rings (SSSR count). The zero-order chi connectivity index (χ0) is 20.2. The topological polar surface area (TPSA) is 38.8 Å². The number of methoxy groups -OCH3 is 2. The lowest BCUT2D eigenvalue weighted by atomic mass is 9.76. The van der Waals surface area contributed by atoms with Gasteiger partial charge in [0.05, 0.1) is 14.2 Å². The number of likely N-dealkylation sites (tertiary alicyclic amines) is 1. The highest BCUT2D eigenvalue weighted by Gasteiger charge is 2.31. The normalized spacial score (nSPS) is 20.3. The van der Waals surface area contributed by atoms with Gasteiger partial charge in [-0.15, -0.1) is 0 Å². The van der Waals surface area contributed by atoms with Crippen LogP contribution in [-0.2, 0) is 24.2 Å². The fourth-order valence-electron chi connectivity index (χ4n) is 4.87. The highest BCUT2D eigenvalue weighted by atomic mass is 16.5. The van der Waals surface area contributed by atoms with Crippen molar-refractivity contribution in [1.29, 1.82) is 0 Å². The molecule has 0 saturated carbocycles. The maximum atomic E-state index is 12.8. The Bertz CT molecular complexity index is 841. The van der Waals surface area contributed by atoms with Crippen molar-refractivity contribution in [2.75, 3.05) is 27.3 Å². The molecule has 1 aliphatic heterocycles. The molecule has 1 saturated heterocycles. The molecular formula is C25H31NO3. The van der Waals surface area contributed by atoms with E-state index >= 15 is 0 Å². The van der Waals surface area contributed by atoms with Crippen LogP contribution in [0.25, 0.3) is 0 Å². The largest absolute Gasteiger partial charge is 0.493 e. The number of hydrogen-bond donors (Lipinski definition) is 0. The second-order valence-electron chi connectivity index (χ2n) is 8.46. The molecule has 1 atom stereocenters. The summed E-state index contributed by atoms with van der Waals surface area (Å²) >= 11 is 0. The molecule has 1 heterocycles. The minimum Gasteiger partial charge on any atom is -0.493 e. The Hall–Kier alpha value is -2.33. The van der Waals surface area contributed by atoms with E-state index < -0.39 is 0 Å². The molecule has 0 aromatic heterocycles. The summed E-state index contributed by atoms with van der Waals surface area (Å²) in [5.74, 6) is 2.65. The summed E-state index contributed by atoms with van der Waals surface area (Å²) < 4.78 is 10.9. The number of carbonyl (C=O) groups is 1. The van der Waals surface area contributed by atoms with Crippen LogP contribution in [0.3, 0.4) is 0 Å². The minimum absolute atomic E-state index is 0.145. The molecule has 4 heteroatoms. The molecule has 4 nitrogen and oxygen atoms in total. The van der Waals surface area contributed by atoms with Gasteiger partial charge in [-0.1, -0.05) is 30.3 Å². The summed E-state index contributed by atoms with van der Waals surface area (Å²) in [6.07, 6.45) is 4.75. The SMILES string of the molecule is COc1cc2c(cc1OC)CC(CC1CCN(Cc3ccccc3)CC1)C(=O)C2. The molecule has 0 amide bonds. The summed E-state index contributed by atoms with van der Waals surface area (Å²) in [4.78, 5) is 15.4. The van der Waals surface area contributed by atoms with E-state index in [1.807, 2.05) is 6.07 Å². The second-order valence-corrected chi connectivity index (χ2v) is 8.46. The van der Waals surface area contributed by atoms with Gasteiger partial charge in [0.15, 0.2) is 11.5 Å². The molecule has 29 heavy (non-hydrogen) atoms. The number of fused-ring (bicyclic) bond motifs is 1. The Balaban J connectivity index is 1.34. The monoisotopic (exact) mass is 393 g/mol. The van der Waals surface area contributed by atoms with E-state index in [4.69, 9.17) is 9.47 Å². The lowest BCUT2D eigenvalue weighted by Gasteiger charge is -2.34. The van der Waals surface area contributed by atoms with Crippen molar-refractivity contribution >= 4 is 5.78 Å². The Morgan fingerprint density at radius 3 is 2.28 bits per heavy atom. The predicted molar refractivity (Wildman–Crippen MR) is 115 cm³/mol. The number of ketones is 1. The molecule has 0 radical (unpaired) electrons. The maximum absolute atomic E-state index is 12.8. The van der Waals surface area contributed by atoms with Crippen LogP contribution in [0.4, 0.5) is 0 Å². The van der Waals surface area contributed by atoms with E-state index in [0.717, 1.165) is 43.8 Å². The van der Waals surface area contributed by atoms with Gasteiger partial charge in [-0.25, -0.2) is 0 Å². The summed E-state index contributed by atoms with van der Waals surface area (Å²) in [7, 11) is 3.31. The number of rotatable bonds is 6. The van der Waals surface area contributed by atoms with Gasteiger partial charge in [0.1, 0.15) is 5.78 Å². The van der Waals surface area contributed by atoms with Gasteiger partial charge in [0.25, 0.3) is 0 Å². The summed E-state index contributed by atoms with van der Waals surface area (Å²) in [6.45, 7) is 3.29. The molecule has 154 valence electrons. The Morgan fingerprint density at radius 1 is 0.966 bits per heavy atom. The number of carbonyl (C=O) groups excluding carboxylic acids is 1. The summed E-state index contributed by atoms with van der Waals surface area (Å²) in [6, 6.07) is 14.7. The number of nitrogens with zero attached hydrogens (tertiary/aromatic N) is 1. The lowest BCUT2D eigenvalue weighted by Crippen LogP contribution is -2.35. The van der Waals surface area contributed by atoms with Crippen LogP contribution < -0.4 is 9.47 Å². The molecule has 2 aromatic rings. The van der Waals surface area contributed by atoms with E-state index in [1.54, 1.807) is 14.2 Å². The number of Topliss-reactive ketones (excluding diaryl/α,β-unsaturated/α-hetero) is 1. The minimum atomic E-state index is 0.145. The molecule has 0 bridgehead atoms. The zero-order valence-corrected chi connectivity index (χ0v) is 17.5. The third-order valence-electron chi connectivity index (χ3n) is 6.57. The quantitative estimate of drug-likeness (QED) is 0.734. The van der Waals surface area contributed by atoms with Gasteiger partial charge >= 0.3 is 0 Å². The molecule has 0 spiro atoms. The highest BCUT2D eigenvalue weighted by Crippen LogP contribution is 2.37. The first kappa shape index (κ1) is 20.0. The average Bonchev–Trinajstić information content (AvgIpc) is 2.75. The van der Waals surface area contributed by atoms with Crippen LogP contribution >= 0.6 is 0 Å². The first-order valence-corrected chi connectivity index (χ1v) is 10.7. The van der Waals surface area contributed by atoms with Crippen molar-refractivity contribution in [3.05, 3.63) is 59.2 Å². The number of hydrogen-bond acceptors (Lipinski definition) is 4. The van der Waals surface area contributed by atoms with Crippen LogP contribution in [0.15, 0.2) is 42.5 Å². The molecule has 1 fully saturated rings. The highest BCUT2D eigenvalue weighted by molar-refractivity contribution is 5.86. The lowest BCUT2D eigenvalue weighted by molar-refractivity contribution is -0.123. The third-order valence-corrected chi connectivity index (χ3v) is 6.57. The van der Waals surface area contributed by atoms with Gasteiger partial charge in [0.2, 0.25) is 0 Å². The Morgan fingerprint density at radius 2 is 1.62 bits per heavy atom. The van der Waals surface area contributed by atoms with Crippen molar-refractivity contribution < 1.29 is 14.3 Å². The fourth-order valence-corrected chi connectivity index (χ4v) is 4.87. The molecular weight excluding hydrogens is 362 g/mol. The second kappa shape index (κ2) is 9.00. The van der Waals surface area contributed by atoms with E-state index in [0.29, 0.717) is 23.9 Å². The molecule has 1 aliphatic carbocycles. The molecule has 2 aromatic carbocycles. The smallest absolute Gasteiger partial charge is 0.161 e. The standard InChI is InChI=1S/C25H31NO3/c1-28-24-15-20-13-22(23(27)14-21(20)16-25(24)29-2)12-18-8-10-26(11-9-18)17-19-6-4-3-5-7-19/h3-7,15-16,18,22H,8-14,17H2,1-2H3. The van der Waals surface area contributed by atoms with Crippen molar-refractivity contribution in [1.82, 2.24) is 4.90 Å². The van der Waals surface area contributed by atoms with Crippen LogP contribution in [-0.4, -0.2) is 38.0 Å². The molecule has 2 aliphatic rings. The van der Waals surface area contributed by atoms with Gasteiger partial charge < -0.3 is 9.47 Å². The van der Waals surface area contributed by atoms with E-state index in [-0.39, 0.29) is 5.92 Å².